The molecule has 2 heterocycles. The van der Waals surface area contributed by atoms with Crippen LogP contribution in [0, 0.1) is 0 Å². The summed E-state index contributed by atoms with van der Waals surface area (Å²) in [5, 5.41) is 14.3. The van der Waals surface area contributed by atoms with E-state index in [1.54, 1.807) is 13.3 Å². The van der Waals surface area contributed by atoms with Crippen LogP contribution in [-0.4, -0.2) is 42.5 Å². The van der Waals surface area contributed by atoms with Gasteiger partial charge in [0.2, 0.25) is 0 Å². The van der Waals surface area contributed by atoms with Crippen molar-refractivity contribution >= 4 is 5.82 Å². The van der Waals surface area contributed by atoms with Crippen molar-refractivity contribution in [1.82, 2.24) is 15.5 Å². The van der Waals surface area contributed by atoms with E-state index in [-0.39, 0.29) is 12.1 Å². The molecule has 0 radical (unpaired) electrons. The van der Waals surface area contributed by atoms with Gasteiger partial charge in [-0.15, -0.1) is 5.10 Å². The number of ether oxygens (including phenoxy) is 1. The number of nitrogens with one attached hydrogen (secondary N) is 2. The van der Waals surface area contributed by atoms with Gasteiger partial charge in [0.25, 0.3) is 0 Å². The molecule has 76 valence electrons. The molecule has 1 aliphatic rings. The second-order valence-corrected chi connectivity index (χ2v) is 3.29. The highest BCUT2D eigenvalue weighted by atomic mass is 16.5. The number of anilines is 1. The molecule has 14 heavy (non-hydrogen) atoms. The molecule has 5 nitrogen and oxygen atoms in total. The fourth-order valence-corrected chi connectivity index (χ4v) is 1.61. The quantitative estimate of drug-likeness (QED) is 0.702. The Labute approximate surface area is 82.9 Å². The number of rotatable bonds is 3. The van der Waals surface area contributed by atoms with E-state index in [1.807, 2.05) is 12.1 Å². The van der Waals surface area contributed by atoms with Crippen LogP contribution in [0.3, 0.4) is 0 Å². The third kappa shape index (κ3) is 2.00. The monoisotopic (exact) mass is 194 g/mol. The largest absolute Gasteiger partial charge is 0.378 e. The lowest BCUT2D eigenvalue weighted by molar-refractivity contribution is 0.111. The maximum absolute atomic E-state index is 5.32. The van der Waals surface area contributed by atoms with Crippen molar-refractivity contribution in [3.8, 4) is 0 Å². The highest BCUT2D eigenvalue weighted by Gasteiger charge is 2.26. The lowest BCUT2D eigenvalue weighted by Gasteiger charge is -2.18. The molecule has 0 aliphatic carbocycles. The number of methoxy groups -OCH3 is 1. The molecular formula is C9H14N4O. The van der Waals surface area contributed by atoms with Crippen LogP contribution in [0.5, 0.6) is 0 Å². The molecule has 0 bridgehead atoms. The SMILES string of the molecule is COC1CNCC1Nc1cccnn1. The van der Waals surface area contributed by atoms with Crippen molar-refractivity contribution in [3.05, 3.63) is 18.3 Å². The normalized spacial score (nSPS) is 26.4. The maximum atomic E-state index is 5.32. The van der Waals surface area contributed by atoms with E-state index in [9.17, 15) is 0 Å². The Hall–Kier alpha value is -1.20. The Morgan fingerprint density at radius 3 is 3.21 bits per heavy atom. The second kappa shape index (κ2) is 4.34. The van der Waals surface area contributed by atoms with E-state index >= 15 is 0 Å². The van der Waals surface area contributed by atoms with E-state index < -0.39 is 0 Å². The lowest BCUT2D eigenvalue weighted by Crippen LogP contribution is -2.33. The van der Waals surface area contributed by atoms with Crippen molar-refractivity contribution in [1.29, 1.82) is 0 Å². The van der Waals surface area contributed by atoms with Crippen LogP contribution in [0.2, 0.25) is 0 Å². The fourth-order valence-electron chi connectivity index (χ4n) is 1.61. The standard InChI is InChI=1S/C9H14N4O/c1-14-8-6-10-5-7(8)12-9-3-2-4-11-13-9/h2-4,7-8,10H,5-6H2,1H3,(H,12,13). The third-order valence-electron chi connectivity index (χ3n) is 2.37. The van der Waals surface area contributed by atoms with Gasteiger partial charge in [0, 0.05) is 26.4 Å². The Morgan fingerprint density at radius 2 is 2.50 bits per heavy atom. The van der Waals surface area contributed by atoms with Crippen LogP contribution in [0.1, 0.15) is 0 Å². The average Bonchev–Trinajstić information content (AvgIpc) is 2.67. The molecule has 2 N–H and O–H groups in total. The number of hydrogen-bond acceptors (Lipinski definition) is 5. The first kappa shape index (κ1) is 9.36. The van der Waals surface area contributed by atoms with E-state index in [4.69, 9.17) is 4.74 Å². The van der Waals surface area contributed by atoms with Crippen LogP contribution >= 0.6 is 0 Å². The fraction of sp³-hybridized carbons (Fsp3) is 0.556. The minimum absolute atomic E-state index is 0.206. The van der Waals surface area contributed by atoms with Crippen LogP contribution < -0.4 is 10.6 Å². The minimum atomic E-state index is 0.206. The summed E-state index contributed by atoms with van der Waals surface area (Å²) in [6.45, 7) is 1.78. The molecule has 1 fully saturated rings. The van der Waals surface area contributed by atoms with Gasteiger partial charge in [0.05, 0.1) is 12.1 Å². The topological polar surface area (TPSA) is 59.1 Å². The van der Waals surface area contributed by atoms with Crippen molar-refractivity contribution in [2.24, 2.45) is 0 Å². The van der Waals surface area contributed by atoms with Gasteiger partial charge in [-0.25, -0.2) is 0 Å². The number of nitrogens with zero attached hydrogens (tertiary/aromatic N) is 2. The van der Waals surface area contributed by atoms with Gasteiger partial charge in [0.15, 0.2) is 0 Å². The van der Waals surface area contributed by atoms with Crippen molar-refractivity contribution in [2.45, 2.75) is 12.1 Å². The number of aromatic nitrogens is 2. The van der Waals surface area contributed by atoms with Gasteiger partial charge in [-0.05, 0) is 12.1 Å². The molecule has 1 saturated heterocycles. The van der Waals surface area contributed by atoms with Gasteiger partial charge >= 0.3 is 0 Å². The summed E-state index contributed by atoms with van der Waals surface area (Å²) in [5.74, 6) is 0.795. The molecule has 1 aromatic heterocycles. The highest BCUT2D eigenvalue weighted by molar-refractivity contribution is 5.34. The molecule has 0 aromatic carbocycles. The summed E-state index contributed by atoms with van der Waals surface area (Å²) < 4.78 is 5.32. The molecule has 0 saturated carbocycles. The van der Waals surface area contributed by atoms with E-state index in [1.165, 1.54) is 0 Å². The molecule has 1 aromatic rings. The average molecular weight is 194 g/mol. The summed E-state index contributed by atoms with van der Waals surface area (Å²) in [6, 6.07) is 4.04. The van der Waals surface area contributed by atoms with Crippen molar-refractivity contribution in [2.75, 3.05) is 25.5 Å². The summed E-state index contributed by atoms with van der Waals surface area (Å²) in [6.07, 6.45) is 1.86. The maximum Gasteiger partial charge on any atom is 0.148 e. The second-order valence-electron chi connectivity index (χ2n) is 3.29. The van der Waals surface area contributed by atoms with Gasteiger partial charge in [-0.3, -0.25) is 0 Å². The molecule has 0 spiro atoms. The molecular weight excluding hydrogens is 180 g/mol. The Morgan fingerprint density at radius 1 is 1.57 bits per heavy atom. The first-order valence-corrected chi connectivity index (χ1v) is 4.68. The highest BCUT2D eigenvalue weighted by Crippen LogP contribution is 2.09. The zero-order valence-electron chi connectivity index (χ0n) is 8.10. The van der Waals surface area contributed by atoms with Crippen LogP contribution in [0.15, 0.2) is 18.3 Å². The van der Waals surface area contributed by atoms with E-state index in [2.05, 4.69) is 20.8 Å². The first-order valence-electron chi connectivity index (χ1n) is 4.68. The predicted molar refractivity (Wildman–Crippen MR) is 53.1 cm³/mol. The molecule has 5 heteroatoms. The van der Waals surface area contributed by atoms with Crippen LogP contribution in [-0.2, 0) is 4.74 Å². The van der Waals surface area contributed by atoms with E-state index in [0.717, 1.165) is 18.9 Å². The van der Waals surface area contributed by atoms with E-state index in [0.29, 0.717) is 0 Å². The van der Waals surface area contributed by atoms with Crippen LogP contribution in [0.4, 0.5) is 5.82 Å². The van der Waals surface area contributed by atoms with Crippen molar-refractivity contribution < 1.29 is 4.74 Å². The smallest absolute Gasteiger partial charge is 0.148 e. The summed E-state index contributed by atoms with van der Waals surface area (Å²) >= 11 is 0. The third-order valence-corrected chi connectivity index (χ3v) is 2.37. The van der Waals surface area contributed by atoms with Gasteiger partial charge in [0.1, 0.15) is 5.82 Å². The predicted octanol–water partition coefficient (Wildman–Crippen LogP) is -0.125. The van der Waals surface area contributed by atoms with Crippen molar-refractivity contribution in [3.63, 3.8) is 0 Å². The molecule has 0 amide bonds. The zero-order valence-corrected chi connectivity index (χ0v) is 8.10. The zero-order chi connectivity index (χ0) is 9.80. The molecule has 1 aliphatic heterocycles. The van der Waals surface area contributed by atoms with Gasteiger partial charge in [-0.2, -0.15) is 5.10 Å². The summed E-state index contributed by atoms with van der Waals surface area (Å²) in [4.78, 5) is 0. The molecule has 2 rings (SSSR count). The summed E-state index contributed by atoms with van der Waals surface area (Å²) in [7, 11) is 1.73. The van der Waals surface area contributed by atoms with Gasteiger partial charge < -0.3 is 15.4 Å². The minimum Gasteiger partial charge on any atom is -0.378 e. The Bertz CT molecular complexity index is 279. The summed E-state index contributed by atoms with van der Waals surface area (Å²) in [5.41, 5.74) is 0. The molecule has 2 atom stereocenters. The first-order chi connectivity index (χ1) is 6.90. The Balaban J connectivity index is 1.97. The Kier molecular flexibility index (Phi) is 2.90. The lowest BCUT2D eigenvalue weighted by atomic mass is 10.2. The molecule has 2 unspecified atom stereocenters. The van der Waals surface area contributed by atoms with Gasteiger partial charge in [-0.1, -0.05) is 0 Å². The number of hydrogen-bond donors (Lipinski definition) is 2. The van der Waals surface area contributed by atoms with Crippen LogP contribution in [0.25, 0.3) is 0 Å².